The second-order valence-electron chi connectivity index (χ2n) is 4.73. The van der Waals surface area contributed by atoms with E-state index < -0.39 is 11.9 Å². The van der Waals surface area contributed by atoms with Crippen LogP contribution in [-0.2, 0) is 11.2 Å². The molecule has 0 radical (unpaired) electrons. The molecule has 2 N–H and O–H groups in total. The minimum Gasteiger partial charge on any atom is -0.481 e. The highest BCUT2D eigenvalue weighted by molar-refractivity contribution is 7.09. The van der Waals surface area contributed by atoms with Crippen molar-refractivity contribution in [1.82, 2.24) is 15.2 Å². The van der Waals surface area contributed by atoms with Crippen molar-refractivity contribution in [3.63, 3.8) is 0 Å². The molecule has 19 heavy (non-hydrogen) atoms. The van der Waals surface area contributed by atoms with Crippen molar-refractivity contribution >= 4 is 23.3 Å². The SMILES string of the molecule is CC1CN(C(=O)NCCc2nccs2)CC1C(=O)O. The summed E-state index contributed by atoms with van der Waals surface area (Å²) in [5.41, 5.74) is 0. The number of aromatic nitrogens is 1. The van der Waals surface area contributed by atoms with Crippen molar-refractivity contribution in [1.29, 1.82) is 0 Å². The van der Waals surface area contributed by atoms with Crippen LogP contribution in [0.5, 0.6) is 0 Å². The van der Waals surface area contributed by atoms with Crippen molar-refractivity contribution in [2.75, 3.05) is 19.6 Å². The molecule has 0 aliphatic carbocycles. The molecule has 7 heteroatoms. The Morgan fingerprint density at radius 2 is 2.37 bits per heavy atom. The maximum absolute atomic E-state index is 11.9. The Balaban J connectivity index is 1.76. The molecule has 0 bridgehead atoms. The Morgan fingerprint density at radius 3 is 2.95 bits per heavy atom. The molecule has 2 amide bonds. The molecule has 0 saturated carbocycles. The molecule has 1 fully saturated rings. The van der Waals surface area contributed by atoms with Crippen LogP contribution < -0.4 is 5.32 Å². The fraction of sp³-hybridized carbons (Fsp3) is 0.583. The van der Waals surface area contributed by atoms with Crippen LogP contribution in [0.1, 0.15) is 11.9 Å². The number of nitrogens with zero attached hydrogens (tertiary/aromatic N) is 2. The zero-order valence-corrected chi connectivity index (χ0v) is 11.5. The first-order chi connectivity index (χ1) is 9.08. The lowest BCUT2D eigenvalue weighted by Crippen LogP contribution is -2.39. The smallest absolute Gasteiger partial charge is 0.317 e. The Bertz CT molecular complexity index is 449. The van der Waals surface area contributed by atoms with Gasteiger partial charge in [-0.25, -0.2) is 9.78 Å². The van der Waals surface area contributed by atoms with Crippen molar-refractivity contribution < 1.29 is 14.7 Å². The third-order valence-electron chi connectivity index (χ3n) is 3.32. The predicted octanol–water partition coefficient (Wildman–Crippen LogP) is 1.05. The minimum atomic E-state index is -0.828. The van der Waals surface area contributed by atoms with Gasteiger partial charge in [0, 0.05) is 37.6 Å². The van der Waals surface area contributed by atoms with E-state index in [0.717, 1.165) is 5.01 Å². The summed E-state index contributed by atoms with van der Waals surface area (Å²) in [6.07, 6.45) is 2.44. The van der Waals surface area contributed by atoms with Crippen LogP contribution in [0, 0.1) is 11.8 Å². The molecule has 1 aliphatic heterocycles. The van der Waals surface area contributed by atoms with E-state index >= 15 is 0 Å². The fourth-order valence-corrected chi connectivity index (χ4v) is 2.84. The van der Waals surface area contributed by atoms with E-state index in [-0.39, 0.29) is 11.9 Å². The van der Waals surface area contributed by atoms with Gasteiger partial charge in [-0.2, -0.15) is 0 Å². The number of aliphatic carboxylic acids is 1. The molecule has 2 heterocycles. The fourth-order valence-electron chi connectivity index (χ4n) is 2.22. The highest BCUT2D eigenvalue weighted by atomic mass is 32.1. The lowest BCUT2D eigenvalue weighted by atomic mass is 9.99. The summed E-state index contributed by atoms with van der Waals surface area (Å²) in [4.78, 5) is 28.6. The lowest BCUT2D eigenvalue weighted by molar-refractivity contribution is -0.142. The van der Waals surface area contributed by atoms with Crippen LogP contribution >= 0.6 is 11.3 Å². The third-order valence-corrected chi connectivity index (χ3v) is 4.15. The second-order valence-corrected chi connectivity index (χ2v) is 5.71. The van der Waals surface area contributed by atoms with Gasteiger partial charge in [0.1, 0.15) is 0 Å². The van der Waals surface area contributed by atoms with Gasteiger partial charge in [0.05, 0.1) is 10.9 Å². The van der Waals surface area contributed by atoms with Crippen LogP contribution in [0.25, 0.3) is 0 Å². The number of carboxylic acid groups (broad SMARTS) is 1. The summed E-state index contributed by atoms with van der Waals surface area (Å²) < 4.78 is 0. The highest BCUT2D eigenvalue weighted by Gasteiger charge is 2.36. The monoisotopic (exact) mass is 283 g/mol. The second kappa shape index (κ2) is 6.01. The first-order valence-electron chi connectivity index (χ1n) is 6.22. The standard InChI is InChI=1S/C12H17N3O3S/c1-8-6-15(7-9(8)11(16)17)12(18)14-3-2-10-13-4-5-19-10/h4-5,8-9H,2-3,6-7H2,1H3,(H,14,18)(H,16,17). The zero-order chi connectivity index (χ0) is 13.8. The maximum atomic E-state index is 11.9. The van der Waals surface area contributed by atoms with E-state index in [9.17, 15) is 9.59 Å². The Morgan fingerprint density at radius 1 is 1.58 bits per heavy atom. The van der Waals surface area contributed by atoms with Crippen LogP contribution in [-0.4, -0.2) is 46.6 Å². The number of thiazole rings is 1. The molecule has 1 aromatic heterocycles. The summed E-state index contributed by atoms with van der Waals surface area (Å²) >= 11 is 1.56. The molecule has 2 unspecified atom stereocenters. The Hall–Kier alpha value is -1.63. The number of carbonyl (C=O) groups is 2. The summed E-state index contributed by atoms with van der Waals surface area (Å²) in [7, 11) is 0. The molecule has 104 valence electrons. The number of amides is 2. The maximum Gasteiger partial charge on any atom is 0.317 e. The number of nitrogens with one attached hydrogen (secondary N) is 1. The van der Waals surface area contributed by atoms with Gasteiger partial charge in [-0.05, 0) is 5.92 Å². The molecule has 1 saturated heterocycles. The largest absolute Gasteiger partial charge is 0.481 e. The number of likely N-dealkylation sites (tertiary alicyclic amines) is 1. The van der Waals surface area contributed by atoms with Gasteiger partial charge >= 0.3 is 12.0 Å². The van der Waals surface area contributed by atoms with Crippen molar-refractivity contribution in [3.05, 3.63) is 16.6 Å². The molecule has 2 rings (SSSR count). The number of hydrogen-bond acceptors (Lipinski definition) is 4. The van der Waals surface area contributed by atoms with Gasteiger partial charge in [0.15, 0.2) is 0 Å². The van der Waals surface area contributed by atoms with E-state index in [1.807, 2.05) is 12.3 Å². The normalized spacial score (nSPS) is 22.5. The molecule has 0 spiro atoms. The van der Waals surface area contributed by atoms with E-state index in [1.54, 1.807) is 22.4 Å². The van der Waals surface area contributed by atoms with Crippen LogP contribution in [0.2, 0.25) is 0 Å². The average Bonchev–Trinajstić information content (AvgIpc) is 2.98. The third kappa shape index (κ3) is 3.44. The summed E-state index contributed by atoms with van der Waals surface area (Å²) in [5, 5.41) is 14.7. The molecule has 0 aromatic carbocycles. The van der Waals surface area contributed by atoms with Crippen molar-refractivity contribution in [3.8, 4) is 0 Å². The minimum absolute atomic E-state index is 0.00205. The number of hydrogen-bond donors (Lipinski definition) is 2. The molecule has 1 aromatic rings. The quantitative estimate of drug-likeness (QED) is 0.865. The van der Waals surface area contributed by atoms with Gasteiger partial charge < -0.3 is 15.3 Å². The van der Waals surface area contributed by atoms with Gasteiger partial charge in [-0.15, -0.1) is 11.3 Å². The van der Waals surface area contributed by atoms with E-state index in [4.69, 9.17) is 5.11 Å². The molecular formula is C12H17N3O3S. The van der Waals surface area contributed by atoms with Gasteiger partial charge in [-0.1, -0.05) is 6.92 Å². The van der Waals surface area contributed by atoms with Crippen LogP contribution in [0.3, 0.4) is 0 Å². The van der Waals surface area contributed by atoms with E-state index in [1.165, 1.54) is 0 Å². The topological polar surface area (TPSA) is 82.5 Å². The highest BCUT2D eigenvalue weighted by Crippen LogP contribution is 2.22. The van der Waals surface area contributed by atoms with E-state index in [0.29, 0.717) is 26.1 Å². The zero-order valence-electron chi connectivity index (χ0n) is 10.7. The number of urea groups is 1. The summed E-state index contributed by atoms with van der Waals surface area (Å²) in [6.45, 7) is 3.18. The molecule has 1 aliphatic rings. The van der Waals surface area contributed by atoms with Gasteiger partial charge in [0.2, 0.25) is 0 Å². The Labute approximate surface area is 115 Å². The van der Waals surface area contributed by atoms with Crippen molar-refractivity contribution in [2.24, 2.45) is 11.8 Å². The van der Waals surface area contributed by atoms with Gasteiger partial charge in [-0.3, -0.25) is 4.79 Å². The lowest BCUT2D eigenvalue weighted by Gasteiger charge is -2.16. The van der Waals surface area contributed by atoms with Crippen molar-refractivity contribution in [2.45, 2.75) is 13.3 Å². The molecule has 2 atom stereocenters. The van der Waals surface area contributed by atoms with E-state index in [2.05, 4.69) is 10.3 Å². The number of carbonyl (C=O) groups excluding carboxylic acids is 1. The van der Waals surface area contributed by atoms with Crippen LogP contribution in [0.15, 0.2) is 11.6 Å². The van der Waals surface area contributed by atoms with Crippen LogP contribution in [0.4, 0.5) is 4.79 Å². The summed E-state index contributed by atoms with van der Waals surface area (Å²) in [6, 6.07) is -0.188. The number of carboxylic acids is 1. The predicted molar refractivity (Wildman–Crippen MR) is 71.1 cm³/mol. The number of rotatable bonds is 4. The first kappa shape index (κ1) is 13.8. The first-order valence-corrected chi connectivity index (χ1v) is 7.10. The Kier molecular flexibility index (Phi) is 4.36. The average molecular weight is 283 g/mol. The molecule has 6 nitrogen and oxygen atoms in total. The molecular weight excluding hydrogens is 266 g/mol. The summed E-state index contributed by atoms with van der Waals surface area (Å²) in [5.74, 6) is -1.28. The van der Waals surface area contributed by atoms with Gasteiger partial charge in [0.25, 0.3) is 0 Å².